The Morgan fingerprint density at radius 3 is 2.88 bits per heavy atom. The van der Waals surface area contributed by atoms with E-state index in [1.807, 2.05) is 6.92 Å². The van der Waals surface area contributed by atoms with E-state index in [9.17, 15) is 4.21 Å². The molecule has 0 aliphatic rings. The Morgan fingerprint density at radius 1 is 1.62 bits per heavy atom. The number of pyridine rings is 1. The van der Waals surface area contributed by atoms with Crippen LogP contribution in [-0.2, 0) is 10.8 Å². The normalized spacial score (nSPS) is 14.2. The largest absolute Gasteiger partial charge is 0.481 e. The first-order valence-electron chi connectivity index (χ1n) is 4.91. The number of nitrogen functional groups attached to an aromatic ring is 1. The van der Waals surface area contributed by atoms with Crippen LogP contribution in [0.1, 0.15) is 6.92 Å². The molecule has 0 fully saturated rings. The van der Waals surface area contributed by atoms with Crippen molar-refractivity contribution in [3.05, 3.63) is 12.1 Å². The van der Waals surface area contributed by atoms with Gasteiger partial charge in [-0.25, -0.2) is 0 Å². The molecule has 0 aliphatic carbocycles. The van der Waals surface area contributed by atoms with Crippen molar-refractivity contribution in [2.45, 2.75) is 12.2 Å². The summed E-state index contributed by atoms with van der Waals surface area (Å²) in [7, 11) is 0.688. The van der Waals surface area contributed by atoms with E-state index in [-0.39, 0.29) is 5.25 Å². The first-order chi connectivity index (χ1) is 7.54. The second-order valence-electron chi connectivity index (χ2n) is 3.48. The molecule has 0 amide bonds. The van der Waals surface area contributed by atoms with E-state index in [2.05, 4.69) is 10.3 Å². The zero-order valence-corrected chi connectivity index (χ0v) is 10.5. The summed E-state index contributed by atoms with van der Waals surface area (Å²) < 4.78 is 16.2. The molecule has 1 aromatic rings. The standard InChI is InChI=1S/C10H17N3O2S/c1-7(16(3)14)6-12-10-8(11)4-5-9(13-10)15-2/h4-5,7H,6,11H2,1-3H3,(H,12,13). The highest BCUT2D eigenvalue weighted by atomic mass is 32.2. The number of nitrogens with two attached hydrogens (primary N) is 1. The van der Waals surface area contributed by atoms with Crippen LogP contribution in [0.2, 0.25) is 0 Å². The Balaban J connectivity index is 2.69. The Morgan fingerprint density at radius 2 is 2.31 bits per heavy atom. The summed E-state index contributed by atoms with van der Waals surface area (Å²) in [4.78, 5) is 4.16. The lowest BCUT2D eigenvalue weighted by molar-refractivity contribution is 0.398. The van der Waals surface area contributed by atoms with Crippen LogP contribution in [0.5, 0.6) is 5.88 Å². The molecule has 1 rings (SSSR count). The van der Waals surface area contributed by atoms with Crippen LogP contribution in [0, 0.1) is 0 Å². The van der Waals surface area contributed by atoms with Crippen LogP contribution in [0.15, 0.2) is 12.1 Å². The van der Waals surface area contributed by atoms with Crippen LogP contribution in [0.4, 0.5) is 11.5 Å². The van der Waals surface area contributed by atoms with Gasteiger partial charge in [-0.05, 0) is 13.0 Å². The molecule has 0 bridgehead atoms. The molecule has 0 spiro atoms. The van der Waals surface area contributed by atoms with Gasteiger partial charge in [-0.15, -0.1) is 0 Å². The number of methoxy groups -OCH3 is 1. The summed E-state index contributed by atoms with van der Waals surface area (Å²) in [6.07, 6.45) is 1.68. The molecule has 90 valence electrons. The maximum Gasteiger partial charge on any atom is 0.215 e. The summed E-state index contributed by atoms with van der Waals surface area (Å²) in [6, 6.07) is 3.42. The number of ether oxygens (including phenoxy) is 1. The number of rotatable bonds is 5. The lowest BCUT2D eigenvalue weighted by atomic mass is 10.3. The molecule has 0 radical (unpaired) electrons. The molecule has 0 aliphatic heterocycles. The summed E-state index contributed by atoms with van der Waals surface area (Å²) in [5.41, 5.74) is 6.30. The fraction of sp³-hybridized carbons (Fsp3) is 0.500. The van der Waals surface area contributed by atoms with Gasteiger partial charge in [-0.1, -0.05) is 0 Å². The van der Waals surface area contributed by atoms with Crippen molar-refractivity contribution >= 4 is 22.3 Å². The van der Waals surface area contributed by atoms with E-state index in [4.69, 9.17) is 10.5 Å². The summed E-state index contributed by atoms with van der Waals surface area (Å²) in [5.74, 6) is 1.07. The second-order valence-corrected chi connectivity index (χ2v) is 5.28. The third-order valence-electron chi connectivity index (χ3n) is 2.23. The zero-order valence-electron chi connectivity index (χ0n) is 9.69. The van der Waals surface area contributed by atoms with Gasteiger partial charge in [0, 0.05) is 34.9 Å². The van der Waals surface area contributed by atoms with Crippen LogP contribution in [0.3, 0.4) is 0 Å². The fourth-order valence-corrected chi connectivity index (χ4v) is 1.38. The number of hydrogen-bond donors (Lipinski definition) is 2. The van der Waals surface area contributed by atoms with Crippen LogP contribution in [-0.4, -0.2) is 34.4 Å². The average Bonchev–Trinajstić information content (AvgIpc) is 2.27. The molecular formula is C10H17N3O2S. The molecule has 1 aromatic heterocycles. The molecule has 6 heteroatoms. The van der Waals surface area contributed by atoms with Crippen LogP contribution < -0.4 is 15.8 Å². The second kappa shape index (κ2) is 5.69. The predicted octanol–water partition coefficient (Wildman–Crippen LogP) is 0.851. The minimum atomic E-state index is -0.860. The first kappa shape index (κ1) is 12.8. The van der Waals surface area contributed by atoms with Gasteiger partial charge in [0.25, 0.3) is 0 Å². The number of nitrogens with zero attached hydrogens (tertiary/aromatic N) is 1. The topological polar surface area (TPSA) is 77.2 Å². The van der Waals surface area contributed by atoms with Crippen molar-refractivity contribution in [3.63, 3.8) is 0 Å². The Kier molecular flexibility index (Phi) is 4.54. The van der Waals surface area contributed by atoms with Gasteiger partial charge in [-0.3, -0.25) is 4.21 Å². The SMILES string of the molecule is COc1ccc(N)c(NCC(C)S(C)=O)n1. The summed E-state index contributed by atoms with van der Waals surface area (Å²) >= 11 is 0. The van der Waals surface area contributed by atoms with Crippen molar-refractivity contribution in [1.82, 2.24) is 4.98 Å². The lowest BCUT2D eigenvalue weighted by Crippen LogP contribution is -2.21. The predicted molar refractivity (Wildman–Crippen MR) is 67.2 cm³/mol. The van der Waals surface area contributed by atoms with E-state index in [1.165, 1.54) is 0 Å². The highest BCUT2D eigenvalue weighted by Gasteiger charge is 2.08. The zero-order chi connectivity index (χ0) is 12.1. The Labute approximate surface area is 97.9 Å². The number of nitrogens with one attached hydrogen (secondary N) is 1. The van der Waals surface area contributed by atoms with Crippen molar-refractivity contribution in [1.29, 1.82) is 0 Å². The number of aromatic nitrogens is 1. The molecule has 5 nitrogen and oxygen atoms in total. The average molecular weight is 243 g/mol. The van der Waals surface area contributed by atoms with Crippen molar-refractivity contribution in [2.75, 3.05) is 31.0 Å². The molecule has 3 N–H and O–H groups in total. The van der Waals surface area contributed by atoms with E-state index in [0.717, 1.165) is 0 Å². The smallest absolute Gasteiger partial charge is 0.215 e. The van der Waals surface area contributed by atoms with Crippen molar-refractivity contribution in [3.8, 4) is 5.88 Å². The summed E-state index contributed by atoms with van der Waals surface area (Å²) in [5, 5.41) is 3.11. The molecule has 0 saturated heterocycles. The molecule has 2 unspecified atom stereocenters. The van der Waals surface area contributed by atoms with Gasteiger partial charge in [-0.2, -0.15) is 4.98 Å². The third kappa shape index (κ3) is 3.37. The minimum absolute atomic E-state index is 0.0485. The fourth-order valence-electron chi connectivity index (χ4n) is 1.07. The van der Waals surface area contributed by atoms with E-state index in [1.54, 1.807) is 25.5 Å². The molecule has 0 saturated carbocycles. The van der Waals surface area contributed by atoms with Gasteiger partial charge in [0.1, 0.15) is 0 Å². The van der Waals surface area contributed by atoms with Gasteiger partial charge in [0.2, 0.25) is 5.88 Å². The molecule has 0 aromatic carbocycles. The lowest BCUT2D eigenvalue weighted by Gasteiger charge is -2.12. The quantitative estimate of drug-likeness (QED) is 0.801. The summed E-state index contributed by atoms with van der Waals surface area (Å²) in [6.45, 7) is 2.47. The molecule has 16 heavy (non-hydrogen) atoms. The van der Waals surface area contributed by atoms with Gasteiger partial charge in [0.05, 0.1) is 12.8 Å². The van der Waals surface area contributed by atoms with Gasteiger partial charge < -0.3 is 15.8 Å². The molecule has 2 atom stereocenters. The van der Waals surface area contributed by atoms with E-state index >= 15 is 0 Å². The monoisotopic (exact) mass is 243 g/mol. The Hall–Kier alpha value is -1.30. The Bertz CT molecular complexity index is 384. The van der Waals surface area contributed by atoms with Crippen molar-refractivity contribution < 1.29 is 8.95 Å². The third-order valence-corrected chi connectivity index (χ3v) is 3.53. The maximum atomic E-state index is 11.2. The highest BCUT2D eigenvalue weighted by molar-refractivity contribution is 7.84. The van der Waals surface area contributed by atoms with E-state index < -0.39 is 10.8 Å². The highest BCUT2D eigenvalue weighted by Crippen LogP contribution is 2.19. The molecular weight excluding hydrogens is 226 g/mol. The van der Waals surface area contributed by atoms with Gasteiger partial charge >= 0.3 is 0 Å². The van der Waals surface area contributed by atoms with Gasteiger partial charge in [0.15, 0.2) is 5.82 Å². The maximum absolute atomic E-state index is 11.2. The molecule has 1 heterocycles. The first-order valence-corrected chi connectivity index (χ1v) is 6.53. The van der Waals surface area contributed by atoms with Crippen LogP contribution >= 0.6 is 0 Å². The number of anilines is 2. The van der Waals surface area contributed by atoms with E-state index in [0.29, 0.717) is 23.9 Å². The van der Waals surface area contributed by atoms with Crippen molar-refractivity contribution in [2.24, 2.45) is 0 Å². The minimum Gasteiger partial charge on any atom is -0.481 e. The number of hydrogen-bond acceptors (Lipinski definition) is 5. The van der Waals surface area contributed by atoms with Crippen LogP contribution in [0.25, 0.3) is 0 Å².